The topological polar surface area (TPSA) is 66.4 Å². The van der Waals surface area contributed by atoms with Crippen molar-refractivity contribution in [1.29, 1.82) is 0 Å². The maximum atomic E-state index is 13.3. The standard InChI is InChI=1S/C12H16FNO3S/c1-2-18(17)6-5-14-8-9-3-4-10(12(15)16)11(13)7-9/h3-4,7,14H,2,5-6,8H2,1H3,(H,15,16). The molecule has 1 aromatic rings. The fourth-order valence-electron chi connectivity index (χ4n) is 1.41. The van der Waals surface area contributed by atoms with Crippen LogP contribution in [0.25, 0.3) is 0 Å². The zero-order valence-corrected chi connectivity index (χ0v) is 10.9. The summed E-state index contributed by atoms with van der Waals surface area (Å²) in [5, 5.41) is 11.7. The highest BCUT2D eigenvalue weighted by atomic mass is 32.2. The first kappa shape index (κ1) is 14.8. The average molecular weight is 273 g/mol. The second kappa shape index (κ2) is 7.23. The Bertz CT molecular complexity index is 451. The predicted molar refractivity (Wildman–Crippen MR) is 68.6 cm³/mol. The van der Waals surface area contributed by atoms with Crippen molar-refractivity contribution < 1.29 is 18.5 Å². The first-order chi connectivity index (χ1) is 8.54. The lowest BCUT2D eigenvalue weighted by Gasteiger charge is -2.05. The highest BCUT2D eigenvalue weighted by Gasteiger charge is 2.09. The van der Waals surface area contributed by atoms with Crippen LogP contribution in [0.1, 0.15) is 22.8 Å². The number of carboxylic acid groups (broad SMARTS) is 1. The molecule has 4 nitrogen and oxygen atoms in total. The fraction of sp³-hybridized carbons (Fsp3) is 0.417. The van der Waals surface area contributed by atoms with Gasteiger partial charge in [0.05, 0.1) is 5.56 Å². The number of benzene rings is 1. The molecule has 0 aromatic heterocycles. The summed E-state index contributed by atoms with van der Waals surface area (Å²) in [6.45, 7) is 2.87. The quantitative estimate of drug-likeness (QED) is 0.737. The van der Waals surface area contributed by atoms with E-state index >= 15 is 0 Å². The second-order valence-corrected chi connectivity index (χ2v) is 5.59. The molecule has 0 bridgehead atoms. The number of carbonyl (C=O) groups is 1. The Morgan fingerprint density at radius 2 is 2.22 bits per heavy atom. The van der Waals surface area contributed by atoms with Gasteiger partial charge in [-0.05, 0) is 17.7 Å². The van der Waals surface area contributed by atoms with Gasteiger partial charge in [-0.2, -0.15) is 0 Å². The number of halogens is 1. The van der Waals surface area contributed by atoms with Crippen LogP contribution in [0.2, 0.25) is 0 Å². The normalized spacial score (nSPS) is 12.3. The summed E-state index contributed by atoms with van der Waals surface area (Å²) in [5.41, 5.74) is 0.339. The molecule has 0 radical (unpaired) electrons. The molecule has 1 unspecified atom stereocenters. The molecular formula is C12H16FNO3S. The Hall–Kier alpha value is -1.27. The van der Waals surface area contributed by atoms with E-state index in [1.807, 2.05) is 6.92 Å². The van der Waals surface area contributed by atoms with Crippen molar-refractivity contribution in [3.05, 3.63) is 35.1 Å². The summed E-state index contributed by atoms with van der Waals surface area (Å²) in [5.74, 6) is -0.820. The van der Waals surface area contributed by atoms with Gasteiger partial charge in [-0.15, -0.1) is 0 Å². The van der Waals surface area contributed by atoms with Crippen LogP contribution in [0.3, 0.4) is 0 Å². The first-order valence-corrected chi connectivity index (χ1v) is 7.10. The summed E-state index contributed by atoms with van der Waals surface area (Å²) in [6, 6.07) is 4.02. The molecule has 0 amide bonds. The van der Waals surface area contributed by atoms with E-state index in [1.165, 1.54) is 12.1 Å². The molecule has 0 saturated carbocycles. The lowest BCUT2D eigenvalue weighted by molar-refractivity contribution is 0.0692. The monoisotopic (exact) mass is 273 g/mol. The zero-order valence-electron chi connectivity index (χ0n) is 10.1. The molecule has 0 aliphatic carbocycles. The van der Waals surface area contributed by atoms with Gasteiger partial charge in [-0.25, -0.2) is 9.18 Å². The van der Waals surface area contributed by atoms with E-state index in [9.17, 15) is 13.4 Å². The molecule has 100 valence electrons. The van der Waals surface area contributed by atoms with E-state index in [4.69, 9.17) is 5.11 Å². The van der Waals surface area contributed by atoms with Gasteiger partial charge in [0.25, 0.3) is 0 Å². The van der Waals surface area contributed by atoms with Crippen molar-refractivity contribution in [3.63, 3.8) is 0 Å². The van der Waals surface area contributed by atoms with Crippen molar-refractivity contribution in [1.82, 2.24) is 5.32 Å². The van der Waals surface area contributed by atoms with Crippen LogP contribution >= 0.6 is 0 Å². The van der Waals surface area contributed by atoms with Crippen LogP contribution in [0, 0.1) is 5.82 Å². The fourth-order valence-corrected chi connectivity index (χ4v) is 2.07. The summed E-state index contributed by atoms with van der Waals surface area (Å²) in [6.07, 6.45) is 0. The molecule has 0 aliphatic heterocycles. The molecule has 1 aromatic carbocycles. The number of hydrogen-bond donors (Lipinski definition) is 2. The molecule has 0 spiro atoms. The Morgan fingerprint density at radius 1 is 1.50 bits per heavy atom. The van der Waals surface area contributed by atoms with Crippen molar-refractivity contribution in [3.8, 4) is 0 Å². The SMILES string of the molecule is CCS(=O)CCNCc1ccc(C(=O)O)c(F)c1. The predicted octanol–water partition coefficient (Wildman–Crippen LogP) is 1.38. The van der Waals surface area contributed by atoms with Crippen molar-refractivity contribution in [2.75, 3.05) is 18.1 Å². The molecule has 0 saturated heterocycles. The Morgan fingerprint density at radius 3 is 2.78 bits per heavy atom. The average Bonchev–Trinajstić information content (AvgIpc) is 2.34. The molecular weight excluding hydrogens is 257 g/mol. The van der Waals surface area contributed by atoms with Gasteiger partial charge in [0, 0.05) is 35.4 Å². The Labute approximate surface area is 108 Å². The molecule has 1 atom stereocenters. The summed E-state index contributed by atoms with van der Waals surface area (Å²) < 4.78 is 24.5. The molecule has 0 aliphatic rings. The van der Waals surface area contributed by atoms with Crippen molar-refractivity contribution in [2.24, 2.45) is 0 Å². The third-order valence-corrected chi connectivity index (χ3v) is 3.72. The minimum atomic E-state index is -1.27. The van der Waals surface area contributed by atoms with Crippen LogP contribution < -0.4 is 5.32 Å². The second-order valence-electron chi connectivity index (χ2n) is 3.73. The highest BCUT2D eigenvalue weighted by molar-refractivity contribution is 7.84. The first-order valence-electron chi connectivity index (χ1n) is 5.62. The van der Waals surface area contributed by atoms with E-state index < -0.39 is 22.6 Å². The van der Waals surface area contributed by atoms with Gasteiger partial charge in [-0.3, -0.25) is 4.21 Å². The maximum Gasteiger partial charge on any atom is 0.338 e. The van der Waals surface area contributed by atoms with E-state index in [2.05, 4.69) is 5.32 Å². The highest BCUT2D eigenvalue weighted by Crippen LogP contribution is 2.10. The van der Waals surface area contributed by atoms with Crippen LogP contribution in [-0.2, 0) is 17.3 Å². The van der Waals surface area contributed by atoms with Gasteiger partial charge in [0.2, 0.25) is 0 Å². The van der Waals surface area contributed by atoms with E-state index in [0.29, 0.717) is 30.2 Å². The minimum Gasteiger partial charge on any atom is -0.478 e. The molecule has 6 heteroatoms. The Kier molecular flexibility index (Phi) is 5.94. The van der Waals surface area contributed by atoms with Gasteiger partial charge < -0.3 is 10.4 Å². The van der Waals surface area contributed by atoms with E-state index in [-0.39, 0.29) is 5.56 Å². The lowest BCUT2D eigenvalue weighted by Crippen LogP contribution is -2.20. The lowest BCUT2D eigenvalue weighted by atomic mass is 10.1. The van der Waals surface area contributed by atoms with Crippen molar-refractivity contribution in [2.45, 2.75) is 13.5 Å². The van der Waals surface area contributed by atoms with E-state index in [1.54, 1.807) is 6.07 Å². The minimum absolute atomic E-state index is 0.328. The summed E-state index contributed by atoms with van der Waals surface area (Å²) in [7, 11) is -0.813. The summed E-state index contributed by atoms with van der Waals surface area (Å²) >= 11 is 0. The third kappa shape index (κ3) is 4.54. The third-order valence-electron chi connectivity index (χ3n) is 2.42. The largest absolute Gasteiger partial charge is 0.478 e. The van der Waals surface area contributed by atoms with Gasteiger partial charge >= 0.3 is 5.97 Å². The van der Waals surface area contributed by atoms with Gasteiger partial charge in [-0.1, -0.05) is 13.0 Å². The van der Waals surface area contributed by atoms with Gasteiger partial charge in [0.15, 0.2) is 0 Å². The van der Waals surface area contributed by atoms with Crippen LogP contribution in [0.5, 0.6) is 0 Å². The molecule has 0 heterocycles. The summed E-state index contributed by atoms with van der Waals surface area (Å²) in [4.78, 5) is 10.6. The van der Waals surface area contributed by atoms with Crippen LogP contribution in [-0.4, -0.2) is 33.3 Å². The molecule has 18 heavy (non-hydrogen) atoms. The number of carboxylic acids is 1. The molecule has 0 fully saturated rings. The van der Waals surface area contributed by atoms with Crippen LogP contribution in [0.15, 0.2) is 18.2 Å². The number of aromatic carboxylic acids is 1. The number of rotatable bonds is 7. The molecule has 1 rings (SSSR count). The number of nitrogens with one attached hydrogen (secondary N) is 1. The van der Waals surface area contributed by atoms with Gasteiger partial charge in [0.1, 0.15) is 5.82 Å². The van der Waals surface area contributed by atoms with E-state index in [0.717, 1.165) is 0 Å². The zero-order chi connectivity index (χ0) is 13.5. The van der Waals surface area contributed by atoms with Crippen molar-refractivity contribution >= 4 is 16.8 Å². The van der Waals surface area contributed by atoms with Crippen LogP contribution in [0.4, 0.5) is 4.39 Å². The Balaban J connectivity index is 2.46. The smallest absolute Gasteiger partial charge is 0.338 e. The number of hydrogen-bond acceptors (Lipinski definition) is 3. The molecule has 2 N–H and O–H groups in total. The maximum absolute atomic E-state index is 13.3.